The quantitative estimate of drug-likeness (QED) is 0.688. The molecule has 4 nitrogen and oxygen atoms in total. The molecule has 0 aliphatic carbocycles. The molecule has 27 heavy (non-hydrogen) atoms. The van der Waals surface area contributed by atoms with Crippen LogP contribution in [0.2, 0.25) is 0 Å². The van der Waals surface area contributed by atoms with Gasteiger partial charge in [-0.1, -0.05) is 54.6 Å². The fraction of sp³-hybridized carbons (Fsp3) is 0.435. The Bertz CT molecular complexity index is 717. The molecule has 4 heteroatoms. The molecule has 1 N–H and O–H groups in total. The largest absolute Gasteiger partial charge is 0.481 e. The molecule has 1 fully saturated rings. The third kappa shape index (κ3) is 6.19. The predicted octanol–water partition coefficient (Wildman–Crippen LogP) is 3.63. The number of ether oxygens (including phenoxy) is 1. The van der Waals surface area contributed by atoms with E-state index in [4.69, 9.17) is 9.84 Å². The lowest BCUT2D eigenvalue weighted by atomic mass is 9.98. The maximum atomic E-state index is 11.1. The Morgan fingerprint density at radius 2 is 1.78 bits per heavy atom. The molecular weight excluding hydrogens is 338 g/mol. The molecule has 1 aliphatic rings. The molecule has 1 saturated heterocycles. The second-order valence-electron chi connectivity index (χ2n) is 7.27. The average molecular weight is 367 g/mol. The van der Waals surface area contributed by atoms with Crippen LogP contribution < -0.4 is 0 Å². The van der Waals surface area contributed by atoms with Crippen molar-refractivity contribution in [2.24, 2.45) is 5.92 Å². The van der Waals surface area contributed by atoms with E-state index in [1.54, 1.807) is 0 Å². The first kappa shape index (κ1) is 19.6. The van der Waals surface area contributed by atoms with Crippen molar-refractivity contribution in [2.45, 2.75) is 25.7 Å². The van der Waals surface area contributed by atoms with Crippen LogP contribution in [0, 0.1) is 5.92 Å². The van der Waals surface area contributed by atoms with E-state index >= 15 is 0 Å². The number of rotatable bonds is 9. The van der Waals surface area contributed by atoms with Gasteiger partial charge in [-0.2, -0.15) is 0 Å². The summed E-state index contributed by atoms with van der Waals surface area (Å²) in [5.74, 6) is -0.890. The van der Waals surface area contributed by atoms with E-state index in [2.05, 4.69) is 53.4 Å². The second-order valence-corrected chi connectivity index (χ2v) is 7.27. The summed E-state index contributed by atoms with van der Waals surface area (Å²) >= 11 is 0. The first-order chi connectivity index (χ1) is 13.2. The number of carbonyl (C=O) groups is 1. The van der Waals surface area contributed by atoms with Gasteiger partial charge in [0.25, 0.3) is 0 Å². The zero-order chi connectivity index (χ0) is 18.9. The molecule has 2 aromatic rings. The topological polar surface area (TPSA) is 49.8 Å². The van der Waals surface area contributed by atoms with Crippen molar-refractivity contribution in [1.29, 1.82) is 0 Å². The molecule has 0 saturated carbocycles. The standard InChI is InChI=1S/C23H29NO3/c25-23(26)22-11-6-13-24(18-22)14-16-27-15-12-20-9-4-5-10-21(20)17-19-7-2-1-3-8-19/h1-5,7-10,22H,6,11-18H2,(H,25,26). The highest BCUT2D eigenvalue weighted by Gasteiger charge is 2.24. The molecule has 1 atom stereocenters. The smallest absolute Gasteiger partial charge is 0.307 e. The molecule has 0 aromatic heterocycles. The summed E-state index contributed by atoms with van der Waals surface area (Å²) in [4.78, 5) is 13.4. The number of hydrogen-bond acceptors (Lipinski definition) is 3. The number of carboxylic acids is 1. The molecule has 3 rings (SSSR count). The van der Waals surface area contributed by atoms with Crippen LogP contribution in [0.4, 0.5) is 0 Å². The SMILES string of the molecule is O=C(O)C1CCCN(CCOCCc2ccccc2Cc2ccccc2)C1. The summed E-state index contributed by atoms with van der Waals surface area (Å²) in [7, 11) is 0. The number of likely N-dealkylation sites (tertiary alicyclic amines) is 1. The van der Waals surface area contributed by atoms with Gasteiger partial charge in [-0.3, -0.25) is 4.79 Å². The van der Waals surface area contributed by atoms with E-state index in [-0.39, 0.29) is 5.92 Å². The van der Waals surface area contributed by atoms with Crippen molar-refractivity contribution in [1.82, 2.24) is 4.90 Å². The van der Waals surface area contributed by atoms with Gasteiger partial charge in [0.1, 0.15) is 0 Å². The van der Waals surface area contributed by atoms with Crippen molar-refractivity contribution in [3.8, 4) is 0 Å². The van der Waals surface area contributed by atoms with Gasteiger partial charge in [-0.25, -0.2) is 0 Å². The van der Waals surface area contributed by atoms with E-state index < -0.39 is 5.97 Å². The van der Waals surface area contributed by atoms with Crippen LogP contribution in [0.5, 0.6) is 0 Å². The summed E-state index contributed by atoms with van der Waals surface area (Å²) in [5.41, 5.74) is 4.02. The minimum atomic E-state index is -0.671. The summed E-state index contributed by atoms with van der Waals surface area (Å²) in [6, 6.07) is 19.1. The molecule has 144 valence electrons. The lowest BCUT2D eigenvalue weighted by molar-refractivity contribution is -0.143. The number of aliphatic carboxylic acids is 1. The lowest BCUT2D eigenvalue weighted by Gasteiger charge is -2.30. The molecule has 0 amide bonds. The van der Waals surface area contributed by atoms with Crippen LogP contribution in [-0.4, -0.2) is 48.8 Å². The molecule has 1 unspecified atom stereocenters. The van der Waals surface area contributed by atoms with Crippen molar-refractivity contribution in [3.63, 3.8) is 0 Å². The van der Waals surface area contributed by atoms with E-state index in [1.807, 2.05) is 6.07 Å². The third-order valence-electron chi connectivity index (χ3n) is 5.28. The maximum absolute atomic E-state index is 11.1. The molecular formula is C23H29NO3. The van der Waals surface area contributed by atoms with Gasteiger partial charge in [0.2, 0.25) is 0 Å². The zero-order valence-corrected chi connectivity index (χ0v) is 15.8. The average Bonchev–Trinajstić information content (AvgIpc) is 2.70. The monoisotopic (exact) mass is 367 g/mol. The van der Waals surface area contributed by atoms with Crippen molar-refractivity contribution in [3.05, 3.63) is 71.3 Å². The van der Waals surface area contributed by atoms with Crippen LogP contribution in [0.3, 0.4) is 0 Å². The molecule has 0 bridgehead atoms. The van der Waals surface area contributed by atoms with Crippen LogP contribution in [0.1, 0.15) is 29.5 Å². The van der Waals surface area contributed by atoms with E-state index in [0.29, 0.717) is 19.8 Å². The third-order valence-corrected chi connectivity index (χ3v) is 5.28. The second kappa shape index (κ2) is 10.2. The molecule has 1 heterocycles. The molecule has 0 radical (unpaired) electrons. The number of nitrogens with zero attached hydrogens (tertiary/aromatic N) is 1. The number of piperidine rings is 1. The number of carboxylic acid groups (broad SMARTS) is 1. The van der Waals surface area contributed by atoms with Gasteiger partial charge < -0.3 is 14.7 Å². The zero-order valence-electron chi connectivity index (χ0n) is 15.8. The van der Waals surface area contributed by atoms with Gasteiger partial charge >= 0.3 is 5.97 Å². The fourth-order valence-electron chi connectivity index (χ4n) is 3.73. The minimum Gasteiger partial charge on any atom is -0.481 e. The first-order valence-corrected chi connectivity index (χ1v) is 9.86. The van der Waals surface area contributed by atoms with E-state index in [9.17, 15) is 4.79 Å². The molecule has 1 aliphatic heterocycles. The Labute approximate surface area is 161 Å². The summed E-state index contributed by atoms with van der Waals surface area (Å²) < 4.78 is 5.85. The first-order valence-electron chi connectivity index (χ1n) is 9.86. The highest BCUT2D eigenvalue weighted by Crippen LogP contribution is 2.17. The highest BCUT2D eigenvalue weighted by atomic mass is 16.5. The van der Waals surface area contributed by atoms with Crippen molar-refractivity contribution in [2.75, 3.05) is 32.8 Å². The van der Waals surface area contributed by atoms with Gasteiger partial charge in [0.15, 0.2) is 0 Å². The van der Waals surface area contributed by atoms with Crippen molar-refractivity contribution >= 4 is 5.97 Å². The Hall–Kier alpha value is -2.17. The lowest BCUT2D eigenvalue weighted by Crippen LogP contribution is -2.40. The van der Waals surface area contributed by atoms with Crippen molar-refractivity contribution < 1.29 is 14.6 Å². The summed E-state index contributed by atoms with van der Waals surface area (Å²) in [5, 5.41) is 9.17. The van der Waals surface area contributed by atoms with Crippen LogP contribution in [0.25, 0.3) is 0 Å². The minimum absolute atomic E-state index is 0.219. The molecule has 0 spiro atoms. The normalized spacial score (nSPS) is 17.7. The predicted molar refractivity (Wildman–Crippen MR) is 107 cm³/mol. The van der Waals surface area contributed by atoms with Gasteiger partial charge in [-0.05, 0) is 48.9 Å². The van der Waals surface area contributed by atoms with Crippen LogP contribution >= 0.6 is 0 Å². The van der Waals surface area contributed by atoms with E-state index in [0.717, 1.165) is 38.8 Å². The number of hydrogen-bond donors (Lipinski definition) is 1. The van der Waals surface area contributed by atoms with Gasteiger partial charge in [0, 0.05) is 13.1 Å². The fourth-order valence-corrected chi connectivity index (χ4v) is 3.73. The Morgan fingerprint density at radius 3 is 2.56 bits per heavy atom. The van der Waals surface area contributed by atoms with E-state index in [1.165, 1.54) is 16.7 Å². The van der Waals surface area contributed by atoms with Crippen LogP contribution in [-0.2, 0) is 22.4 Å². The summed E-state index contributed by atoms with van der Waals surface area (Å²) in [6.07, 6.45) is 3.61. The Balaban J connectivity index is 1.41. The highest BCUT2D eigenvalue weighted by molar-refractivity contribution is 5.70. The Kier molecular flexibility index (Phi) is 7.43. The van der Waals surface area contributed by atoms with Gasteiger partial charge in [-0.15, -0.1) is 0 Å². The Morgan fingerprint density at radius 1 is 1.04 bits per heavy atom. The number of benzene rings is 2. The van der Waals surface area contributed by atoms with Crippen LogP contribution in [0.15, 0.2) is 54.6 Å². The van der Waals surface area contributed by atoms with Gasteiger partial charge in [0.05, 0.1) is 19.1 Å². The maximum Gasteiger partial charge on any atom is 0.307 e. The summed E-state index contributed by atoms with van der Waals surface area (Å²) in [6.45, 7) is 3.80. The molecule has 2 aromatic carbocycles.